The topological polar surface area (TPSA) is 48.1 Å². The van der Waals surface area contributed by atoms with Gasteiger partial charge in [0.1, 0.15) is 11.6 Å². The van der Waals surface area contributed by atoms with Gasteiger partial charge in [0, 0.05) is 23.2 Å². The number of nitrogen functional groups attached to an aromatic ring is 1. The lowest BCUT2D eigenvalue weighted by Crippen LogP contribution is -1.92. The Kier molecular flexibility index (Phi) is 2.99. The van der Waals surface area contributed by atoms with Crippen LogP contribution in [0.5, 0.6) is 11.6 Å². The fourth-order valence-electron chi connectivity index (χ4n) is 1.98. The van der Waals surface area contributed by atoms with Crippen LogP contribution in [-0.4, -0.2) is 4.98 Å². The zero-order valence-corrected chi connectivity index (χ0v) is 10.9. The summed E-state index contributed by atoms with van der Waals surface area (Å²) in [7, 11) is 0. The molecule has 0 aliphatic carbocycles. The summed E-state index contributed by atoms with van der Waals surface area (Å²) in [6, 6.07) is 13.5. The maximum Gasteiger partial charge on any atom is 0.219 e. The van der Waals surface area contributed by atoms with Gasteiger partial charge < -0.3 is 10.5 Å². The predicted molar refractivity (Wildman–Crippen MR) is 77.4 cm³/mol. The molecule has 0 unspecified atom stereocenters. The van der Waals surface area contributed by atoms with E-state index in [9.17, 15) is 4.39 Å². The van der Waals surface area contributed by atoms with Crippen molar-refractivity contribution in [3.8, 4) is 11.6 Å². The molecule has 0 aliphatic rings. The summed E-state index contributed by atoms with van der Waals surface area (Å²) in [5, 5.41) is 0.938. The van der Waals surface area contributed by atoms with E-state index in [2.05, 4.69) is 4.98 Å². The smallest absolute Gasteiger partial charge is 0.219 e. The van der Waals surface area contributed by atoms with Crippen molar-refractivity contribution in [2.75, 3.05) is 5.73 Å². The molecule has 0 radical (unpaired) electrons. The van der Waals surface area contributed by atoms with Gasteiger partial charge in [0.05, 0.1) is 5.52 Å². The second kappa shape index (κ2) is 4.81. The van der Waals surface area contributed by atoms with Crippen LogP contribution in [0, 0.1) is 12.7 Å². The molecule has 1 heterocycles. The highest BCUT2D eigenvalue weighted by Crippen LogP contribution is 2.26. The lowest BCUT2D eigenvalue weighted by Gasteiger charge is -2.08. The van der Waals surface area contributed by atoms with Crippen LogP contribution < -0.4 is 10.5 Å². The minimum absolute atomic E-state index is 0.334. The molecule has 0 spiro atoms. The lowest BCUT2D eigenvalue weighted by atomic mass is 10.2. The number of rotatable bonds is 2. The van der Waals surface area contributed by atoms with E-state index in [0.717, 1.165) is 16.5 Å². The van der Waals surface area contributed by atoms with Crippen molar-refractivity contribution in [1.29, 1.82) is 0 Å². The Labute approximate surface area is 115 Å². The van der Waals surface area contributed by atoms with Crippen LogP contribution in [0.15, 0.2) is 48.5 Å². The summed E-state index contributed by atoms with van der Waals surface area (Å²) in [4.78, 5) is 4.38. The van der Waals surface area contributed by atoms with E-state index in [1.165, 1.54) is 12.1 Å². The molecule has 0 amide bonds. The third kappa shape index (κ3) is 2.40. The molecule has 0 atom stereocenters. The first-order valence-electron chi connectivity index (χ1n) is 6.22. The molecule has 0 saturated carbocycles. The molecular weight excluding hydrogens is 255 g/mol. The number of ether oxygens (including phenoxy) is 1. The third-order valence-electron chi connectivity index (χ3n) is 3.05. The van der Waals surface area contributed by atoms with E-state index in [0.29, 0.717) is 17.3 Å². The highest BCUT2D eigenvalue weighted by Gasteiger charge is 2.05. The molecule has 0 aliphatic heterocycles. The van der Waals surface area contributed by atoms with E-state index < -0.39 is 0 Å². The number of benzene rings is 2. The van der Waals surface area contributed by atoms with Gasteiger partial charge in [-0.15, -0.1) is 0 Å². The second-order valence-electron chi connectivity index (χ2n) is 4.61. The van der Waals surface area contributed by atoms with Crippen LogP contribution in [-0.2, 0) is 0 Å². The second-order valence-corrected chi connectivity index (χ2v) is 4.61. The maximum absolute atomic E-state index is 13.2. The number of halogens is 1. The Balaban J connectivity index is 1.98. The van der Waals surface area contributed by atoms with Crippen molar-refractivity contribution in [3.63, 3.8) is 0 Å². The van der Waals surface area contributed by atoms with Crippen molar-refractivity contribution >= 4 is 16.6 Å². The summed E-state index contributed by atoms with van der Waals surface area (Å²) in [5.41, 5.74) is 8.05. The van der Waals surface area contributed by atoms with Crippen molar-refractivity contribution < 1.29 is 9.13 Å². The van der Waals surface area contributed by atoms with Gasteiger partial charge in [0.15, 0.2) is 0 Å². The normalized spacial score (nSPS) is 10.7. The minimum atomic E-state index is -0.334. The molecule has 0 fully saturated rings. The number of aryl methyl sites for hydroxylation is 1. The number of aromatic nitrogens is 1. The Bertz CT molecular complexity index is 787. The third-order valence-corrected chi connectivity index (χ3v) is 3.05. The first-order valence-corrected chi connectivity index (χ1v) is 6.22. The van der Waals surface area contributed by atoms with Gasteiger partial charge >= 0.3 is 0 Å². The van der Waals surface area contributed by atoms with Crippen LogP contribution in [0.1, 0.15) is 5.56 Å². The van der Waals surface area contributed by atoms with Gasteiger partial charge in [0.25, 0.3) is 0 Å². The average molecular weight is 268 g/mol. The summed E-state index contributed by atoms with van der Waals surface area (Å²) in [6.45, 7) is 1.86. The SMILES string of the molecule is Cc1ccc(F)cc1Oc1ccc2cc(N)ccc2n1. The fraction of sp³-hybridized carbons (Fsp3) is 0.0625. The molecule has 3 aromatic rings. The molecule has 2 N–H and O–H groups in total. The van der Waals surface area contributed by atoms with Gasteiger partial charge in [-0.3, -0.25) is 0 Å². The highest BCUT2D eigenvalue weighted by atomic mass is 19.1. The number of hydrogen-bond acceptors (Lipinski definition) is 3. The Morgan fingerprint density at radius 3 is 2.75 bits per heavy atom. The summed E-state index contributed by atoms with van der Waals surface area (Å²) >= 11 is 0. The molecule has 100 valence electrons. The zero-order chi connectivity index (χ0) is 14.1. The van der Waals surface area contributed by atoms with Crippen molar-refractivity contribution in [3.05, 3.63) is 59.9 Å². The van der Waals surface area contributed by atoms with E-state index >= 15 is 0 Å². The molecule has 2 aromatic carbocycles. The van der Waals surface area contributed by atoms with Gasteiger partial charge in [-0.2, -0.15) is 0 Å². The molecule has 3 nitrogen and oxygen atoms in total. The number of pyridine rings is 1. The Morgan fingerprint density at radius 2 is 1.90 bits per heavy atom. The standard InChI is InChI=1S/C16H13FN2O/c1-10-2-4-12(17)9-15(10)20-16-7-3-11-8-13(18)5-6-14(11)19-16/h2-9H,18H2,1H3. The van der Waals surface area contributed by atoms with Crippen LogP contribution >= 0.6 is 0 Å². The largest absolute Gasteiger partial charge is 0.439 e. The molecule has 4 heteroatoms. The Morgan fingerprint density at radius 1 is 1.05 bits per heavy atom. The number of anilines is 1. The molecular formula is C16H13FN2O. The van der Waals surface area contributed by atoms with Gasteiger partial charge in [-0.05, 0) is 42.8 Å². The summed E-state index contributed by atoms with van der Waals surface area (Å²) in [5.74, 6) is 0.558. The maximum atomic E-state index is 13.2. The highest BCUT2D eigenvalue weighted by molar-refractivity contribution is 5.82. The quantitative estimate of drug-likeness (QED) is 0.713. The van der Waals surface area contributed by atoms with Gasteiger partial charge in [-0.1, -0.05) is 6.07 Å². The Hall–Kier alpha value is -2.62. The average Bonchev–Trinajstić information content (AvgIpc) is 2.43. The van der Waals surface area contributed by atoms with E-state index in [4.69, 9.17) is 10.5 Å². The van der Waals surface area contributed by atoms with Crippen molar-refractivity contribution in [1.82, 2.24) is 4.98 Å². The fourth-order valence-corrected chi connectivity index (χ4v) is 1.98. The first kappa shape index (κ1) is 12.4. The van der Waals surface area contributed by atoms with Crippen LogP contribution in [0.4, 0.5) is 10.1 Å². The molecule has 0 saturated heterocycles. The van der Waals surface area contributed by atoms with Gasteiger partial charge in [-0.25, -0.2) is 9.37 Å². The predicted octanol–water partition coefficient (Wildman–Crippen LogP) is 4.06. The van der Waals surface area contributed by atoms with E-state index in [-0.39, 0.29) is 5.82 Å². The van der Waals surface area contributed by atoms with E-state index in [1.807, 2.05) is 25.1 Å². The molecule has 20 heavy (non-hydrogen) atoms. The number of nitrogens with two attached hydrogens (primary N) is 1. The van der Waals surface area contributed by atoms with Crippen molar-refractivity contribution in [2.24, 2.45) is 0 Å². The summed E-state index contributed by atoms with van der Waals surface area (Å²) < 4.78 is 18.9. The number of hydrogen-bond donors (Lipinski definition) is 1. The van der Waals surface area contributed by atoms with E-state index in [1.54, 1.807) is 18.2 Å². The van der Waals surface area contributed by atoms with Crippen LogP contribution in [0.3, 0.4) is 0 Å². The molecule has 1 aromatic heterocycles. The van der Waals surface area contributed by atoms with Gasteiger partial charge in [0.2, 0.25) is 5.88 Å². The van der Waals surface area contributed by atoms with Crippen LogP contribution in [0.2, 0.25) is 0 Å². The monoisotopic (exact) mass is 268 g/mol. The summed E-state index contributed by atoms with van der Waals surface area (Å²) in [6.07, 6.45) is 0. The van der Waals surface area contributed by atoms with Crippen LogP contribution in [0.25, 0.3) is 10.9 Å². The van der Waals surface area contributed by atoms with Crippen molar-refractivity contribution in [2.45, 2.75) is 6.92 Å². The molecule has 3 rings (SSSR count). The first-order chi connectivity index (χ1) is 9.61. The molecule has 0 bridgehead atoms. The number of nitrogens with zero attached hydrogens (tertiary/aromatic N) is 1. The minimum Gasteiger partial charge on any atom is -0.439 e. The zero-order valence-electron chi connectivity index (χ0n) is 10.9. The number of fused-ring (bicyclic) bond motifs is 1. The lowest BCUT2D eigenvalue weighted by molar-refractivity contribution is 0.456.